The molecule has 1 aromatic carbocycles. The molecule has 1 saturated heterocycles. The molecule has 1 atom stereocenters. The van der Waals surface area contributed by atoms with E-state index in [9.17, 15) is 9.35 Å². The first-order valence-electron chi connectivity index (χ1n) is 10.2. The molecule has 0 amide bonds. The molecule has 32 heavy (non-hydrogen) atoms. The SMILES string of the molecule is COC(=O)c1ccc2cc(-c3nn(C4CCN([S+](C)[O-])CC4)c4ncnc(N)c34)[nH]c2c1. The first-order valence-corrected chi connectivity index (χ1v) is 11.8. The molecule has 4 heterocycles. The number of piperidine rings is 1. The number of nitrogens with two attached hydrogens (primary N) is 1. The van der Waals surface area contributed by atoms with Crippen molar-refractivity contribution in [1.29, 1.82) is 0 Å². The first kappa shape index (κ1) is 20.7. The zero-order valence-electron chi connectivity index (χ0n) is 17.7. The molecule has 11 heteroatoms. The van der Waals surface area contributed by atoms with Crippen LogP contribution in [0.2, 0.25) is 0 Å². The third-order valence-electron chi connectivity index (χ3n) is 5.95. The van der Waals surface area contributed by atoms with Gasteiger partial charge in [0.25, 0.3) is 0 Å². The van der Waals surface area contributed by atoms with Gasteiger partial charge in [0.1, 0.15) is 24.1 Å². The van der Waals surface area contributed by atoms with Crippen molar-refractivity contribution in [3.63, 3.8) is 0 Å². The normalized spacial score (nSPS) is 16.6. The molecule has 3 N–H and O–H groups in total. The van der Waals surface area contributed by atoms with Crippen molar-refractivity contribution < 1.29 is 14.1 Å². The maximum atomic E-state index is 11.9. The summed E-state index contributed by atoms with van der Waals surface area (Å²) in [4.78, 5) is 23.9. The van der Waals surface area contributed by atoms with Crippen LogP contribution in [0.25, 0.3) is 33.3 Å². The number of aromatic amines is 1. The van der Waals surface area contributed by atoms with E-state index in [1.165, 1.54) is 13.4 Å². The lowest BCUT2D eigenvalue weighted by Gasteiger charge is -2.30. The number of H-pyrrole nitrogens is 1. The van der Waals surface area contributed by atoms with Crippen molar-refractivity contribution in [3.05, 3.63) is 36.2 Å². The highest BCUT2D eigenvalue weighted by Gasteiger charge is 2.29. The fourth-order valence-electron chi connectivity index (χ4n) is 4.28. The number of anilines is 1. The molecule has 10 nitrogen and oxygen atoms in total. The van der Waals surface area contributed by atoms with Gasteiger partial charge in [-0.3, -0.25) is 0 Å². The molecule has 1 unspecified atom stereocenters. The van der Waals surface area contributed by atoms with E-state index in [4.69, 9.17) is 15.6 Å². The quantitative estimate of drug-likeness (QED) is 0.354. The number of esters is 1. The van der Waals surface area contributed by atoms with E-state index in [0.29, 0.717) is 28.1 Å². The standard InChI is InChI=1S/C21H23N7O3S/c1-31-21(29)13-4-3-12-9-16(25-15(12)10-13)18-17-19(22)23-11-24-20(17)28(26-18)14-5-7-27(8-6-14)32(2)30/h3-4,9-11,14,25H,5-8H2,1-2H3,(H2,22,23,24). The van der Waals surface area contributed by atoms with Crippen LogP contribution in [-0.2, 0) is 16.1 Å². The lowest BCUT2D eigenvalue weighted by Crippen LogP contribution is -2.38. The maximum absolute atomic E-state index is 11.9. The number of ether oxygens (including phenoxy) is 1. The number of nitrogens with one attached hydrogen (secondary N) is 1. The van der Waals surface area contributed by atoms with Crippen LogP contribution < -0.4 is 5.73 Å². The summed E-state index contributed by atoms with van der Waals surface area (Å²) in [5.41, 5.74) is 9.61. The minimum Gasteiger partial charge on any atom is -0.598 e. The molecule has 0 radical (unpaired) electrons. The highest BCUT2D eigenvalue weighted by Crippen LogP contribution is 2.35. The molecule has 0 spiro atoms. The second-order valence-corrected chi connectivity index (χ2v) is 9.18. The van der Waals surface area contributed by atoms with Gasteiger partial charge in [0, 0.05) is 35.4 Å². The van der Waals surface area contributed by atoms with E-state index in [1.807, 2.05) is 21.1 Å². The number of carbonyl (C=O) groups is 1. The summed E-state index contributed by atoms with van der Waals surface area (Å²) in [7, 11) is 1.36. The predicted octanol–water partition coefficient (Wildman–Crippen LogP) is 2.27. The summed E-state index contributed by atoms with van der Waals surface area (Å²) in [6.45, 7) is 1.46. The van der Waals surface area contributed by atoms with Gasteiger partial charge in [0.05, 0.1) is 29.8 Å². The molecule has 5 rings (SSSR count). The van der Waals surface area contributed by atoms with E-state index < -0.39 is 17.3 Å². The Morgan fingerprint density at radius 2 is 2.06 bits per heavy atom. The van der Waals surface area contributed by atoms with Crippen LogP contribution in [0.4, 0.5) is 5.82 Å². The number of carbonyl (C=O) groups excluding carboxylic acids is 1. The van der Waals surface area contributed by atoms with E-state index in [2.05, 4.69) is 15.0 Å². The van der Waals surface area contributed by atoms with Gasteiger partial charge in [-0.15, -0.1) is 4.31 Å². The fourth-order valence-corrected chi connectivity index (χ4v) is 5.01. The Bertz CT molecular complexity index is 1310. The molecule has 1 aliphatic heterocycles. The smallest absolute Gasteiger partial charge is 0.337 e. The monoisotopic (exact) mass is 453 g/mol. The summed E-state index contributed by atoms with van der Waals surface area (Å²) in [5.74, 6) is -0.0352. The molecular formula is C21H23N7O3S. The summed E-state index contributed by atoms with van der Waals surface area (Å²) >= 11 is -0.974. The molecule has 0 bridgehead atoms. The number of benzene rings is 1. The second-order valence-electron chi connectivity index (χ2n) is 7.81. The maximum Gasteiger partial charge on any atom is 0.337 e. The van der Waals surface area contributed by atoms with Crippen LogP contribution in [0.1, 0.15) is 29.2 Å². The van der Waals surface area contributed by atoms with Crippen molar-refractivity contribution in [3.8, 4) is 11.4 Å². The van der Waals surface area contributed by atoms with Crippen molar-refractivity contribution in [2.75, 3.05) is 32.2 Å². The number of nitrogens with zero attached hydrogens (tertiary/aromatic N) is 5. The van der Waals surface area contributed by atoms with Crippen LogP contribution >= 0.6 is 0 Å². The van der Waals surface area contributed by atoms with Gasteiger partial charge in [0.15, 0.2) is 5.65 Å². The minimum atomic E-state index is -0.974. The Morgan fingerprint density at radius 1 is 1.28 bits per heavy atom. The zero-order chi connectivity index (χ0) is 22.4. The Labute approximate surface area is 187 Å². The predicted molar refractivity (Wildman–Crippen MR) is 122 cm³/mol. The van der Waals surface area contributed by atoms with E-state index >= 15 is 0 Å². The summed E-state index contributed by atoms with van der Waals surface area (Å²) in [6, 6.07) is 7.44. The molecule has 166 valence electrons. The second kappa shape index (κ2) is 8.08. The van der Waals surface area contributed by atoms with Gasteiger partial charge in [-0.25, -0.2) is 19.4 Å². The molecule has 0 aliphatic carbocycles. The number of nitrogen functional groups attached to an aromatic ring is 1. The van der Waals surface area contributed by atoms with Crippen molar-refractivity contribution >= 4 is 45.1 Å². The number of hydrogen-bond donors (Lipinski definition) is 2. The molecule has 1 fully saturated rings. The summed E-state index contributed by atoms with van der Waals surface area (Å²) in [6.07, 6.45) is 4.78. The number of fused-ring (bicyclic) bond motifs is 2. The molecular weight excluding hydrogens is 430 g/mol. The van der Waals surface area contributed by atoms with E-state index in [1.54, 1.807) is 18.4 Å². The van der Waals surface area contributed by atoms with Crippen LogP contribution in [0, 0.1) is 0 Å². The molecule has 3 aromatic heterocycles. The van der Waals surface area contributed by atoms with Gasteiger partial charge < -0.3 is 20.0 Å². The lowest BCUT2D eigenvalue weighted by molar-refractivity contribution is 0.0601. The van der Waals surface area contributed by atoms with Crippen LogP contribution in [0.5, 0.6) is 0 Å². The Hall–Kier alpha value is -3.15. The summed E-state index contributed by atoms with van der Waals surface area (Å²) < 4.78 is 20.5. The highest BCUT2D eigenvalue weighted by molar-refractivity contribution is 7.88. The lowest BCUT2D eigenvalue weighted by atomic mass is 10.1. The van der Waals surface area contributed by atoms with Crippen molar-refractivity contribution in [1.82, 2.24) is 29.0 Å². The van der Waals surface area contributed by atoms with Gasteiger partial charge in [-0.1, -0.05) is 6.07 Å². The summed E-state index contributed by atoms with van der Waals surface area (Å²) in [5, 5.41) is 6.52. The highest BCUT2D eigenvalue weighted by atomic mass is 32.2. The minimum absolute atomic E-state index is 0.121. The Balaban J connectivity index is 1.58. The Kier molecular flexibility index (Phi) is 5.24. The number of rotatable bonds is 4. The zero-order valence-corrected chi connectivity index (χ0v) is 18.6. The van der Waals surface area contributed by atoms with Crippen LogP contribution in [-0.4, -0.2) is 66.0 Å². The molecule has 4 aromatic rings. The van der Waals surface area contributed by atoms with E-state index in [0.717, 1.165) is 42.5 Å². The first-order chi connectivity index (χ1) is 15.5. The van der Waals surface area contributed by atoms with Crippen LogP contribution in [0.3, 0.4) is 0 Å². The largest absolute Gasteiger partial charge is 0.598 e. The molecule has 1 aliphatic rings. The van der Waals surface area contributed by atoms with E-state index in [-0.39, 0.29) is 6.04 Å². The van der Waals surface area contributed by atoms with Crippen molar-refractivity contribution in [2.45, 2.75) is 18.9 Å². The van der Waals surface area contributed by atoms with Crippen molar-refractivity contribution in [2.24, 2.45) is 0 Å². The molecule has 0 saturated carbocycles. The average Bonchev–Trinajstić information content (AvgIpc) is 3.40. The van der Waals surface area contributed by atoms with Gasteiger partial charge in [-0.2, -0.15) is 5.10 Å². The van der Waals surface area contributed by atoms with Gasteiger partial charge in [-0.05, 0) is 31.0 Å². The average molecular weight is 454 g/mol. The fraction of sp³-hybridized carbons (Fsp3) is 0.333. The number of hydrogen-bond acceptors (Lipinski definition) is 8. The topological polar surface area (TPSA) is 138 Å². The van der Waals surface area contributed by atoms with Gasteiger partial charge >= 0.3 is 5.97 Å². The number of methoxy groups -OCH3 is 1. The van der Waals surface area contributed by atoms with Crippen LogP contribution in [0.15, 0.2) is 30.6 Å². The Morgan fingerprint density at radius 3 is 2.78 bits per heavy atom. The third-order valence-corrected chi connectivity index (χ3v) is 7.04. The number of aromatic nitrogens is 5. The third kappa shape index (κ3) is 3.48. The van der Waals surface area contributed by atoms with Gasteiger partial charge in [0.2, 0.25) is 0 Å².